The summed E-state index contributed by atoms with van der Waals surface area (Å²) in [5, 5.41) is 15.8. The Labute approximate surface area is 201 Å². The van der Waals surface area contributed by atoms with Crippen LogP contribution in [0.25, 0.3) is 10.9 Å². The number of benzene rings is 1. The molecule has 10 heteroatoms. The Morgan fingerprint density at radius 2 is 1.97 bits per heavy atom. The van der Waals surface area contributed by atoms with E-state index in [1.165, 1.54) is 6.33 Å². The highest BCUT2D eigenvalue weighted by Crippen LogP contribution is 2.46. The molecule has 2 atom stereocenters. The van der Waals surface area contributed by atoms with Gasteiger partial charge in [0, 0.05) is 48.2 Å². The van der Waals surface area contributed by atoms with Crippen molar-refractivity contribution in [3.8, 4) is 11.5 Å². The number of nitrogens with one attached hydrogen (secondary N) is 2. The lowest BCUT2D eigenvalue weighted by Gasteiger charge is -2.21. The summed E-state index contributed by atoms with van der Waals surface area (Å²) in [4.78, 5) is 30.6. The summed E-state index contributed by atoms with van der Waals surface area (Å²) < 4.78 is 5.93. The number of amides is 1. The van der Waals surface area contributed by atoms with Crippen LogP contribution in [0.3, 0.4) is 0 Å². The van der Waals surface area contributed by atoms with Gasteiger partial charge in [0.25, 0.3) is 0 Å². The molecule has 0 bridgehead atoms. The fraction of sp³-hybridized carbons (Fsp3) is 0.240. The first-order valence-corrected chi connectivity index (χ1v) is 11.4. The summed E-state index contributed by atoms with van der Waals surface area (Å²) in [6.07, 6.45) is 5.70. The number of nitrogens with zero attached hydrogens (tertiary/aromatic N) is 5. The summed E-state index contributed by atoms with van der Waals surface area (Å²) >= 11 is 0. The molecule has 2 aliphatic rings. The first kappa shape index (κ1) is 21.1. The number of ether oxygens (including phenoxy) is 1. The van der Waals surface area contributed by atoms with Gasteiger partial charge in [0.15, 0.2) is 0 Å². The normalized spacial score (nSPS) is 20.4. The molecule has 6 rings (SSSR count). The van der Waals surface area contributed by atoms with Crippen molar-refractivity contribution >= 4 is 34.3 Å². The Morgan fingerprint density at radius 3 is 2.71 bits per heavy atom. The minimum Gasteiger partial charge on any atom is -0.465 e. The number of aromatic nitrogens is 4. The Bertz CT molecular complexity index is 1400. The maximum absolute atomic E-state index is 10.9. The molecule has 3 N–H and O–H groups in total. The largest absolute Gasteiger partial charge is 0.465 e. The smallest absolute Gasteiger partial charge is 0.404 e. The molecule has 0 spiro atoms. The molecule has 4 aromatic rings. The van der Waals surface area contributed by atoms with Crippen LogP contribution in [0.1, 0.15) is 5.56 Å². The summed E-state index contributed by atoms with van der Waals surface area (Å²) in [7, 11) is 0. The number of hydrogen-bond acceptors (Lipinski definition) is 8. The molecule has 35 heavy (non-hydrogen) atoms. The molecule has 1 aromatic carbocycles. The average Bonchev–Trinajstić information content (AvgIpc) is 3.27. The zero-order chi connectivity index (χ0) is 23.9. The van der Waals surface area contributed by atoms with Crippen molar-refractivity contribution in [3.05, 3.63) is 66.9 Å². The third-order valence-corrected chi connectivity index (χ3v) is 6.62. The van der Waals surface area contributed by atoms with Gasteiger partial charge in [-0.2, -0.15) is 0 Å². The van der Waals surface area contributed by atoms with Crippen LogP contribution in [0.15, 0.2) is 61.3 Å². The summed E-state index contributed by atoms with van der Waals surface area (Å²) in [6, 6.07) is 11.6. The second-order valence-electron chi connectivity index (χ2n) is 8.89. The lowest BCUT2D eigenvalue weighted by Crippen LogP contribution is -2.34. The van der Waals surface area contributed by atoms with Crippen LogP contribution >= 0.6 is 0 Å². The SMILES string of the molecule is Cc1cc(Nc2ncnc3cnc(N4CC5C(C4)C5NC(=O)O)cc23)ccc1Oc1cccnc1. The molecule has 1 saturated carbocycles. The van der Waals surface area contributed by atoms with Crippen LogP contribution in [-0.2, 0) is 0 Å². The predicted octanol–water partition coefficient (Wildman–Crippen LogP) is 3.97. The van der Waals surface area contributed by atoms with Crippen molar-refractivity contribution in [2.75, 3.05) is 23.3 Å². The van der Waals surface area contributed by atoms with Crippen LogP contribution < -0.4 is 20.3 Å². The van der Waals surface area contributed by atoms with Crippen LogP contribution in [-0.4, -0.2) is 50.3 Å². The number of piperidine rings is 1. The van der Waals surface area contributed by atoms with Crippen molar-refractivity contribution < 1.29 is 14.6 Å². The first-order valence-electron chi connectivity index (χ1n) is 11.4. The maximum atomic E-state index is 10.9. The van der Waals surface area contributed by atoms with Gasteiger partial charge in [0.1, 0.15) is 29.5 Å². The van der Waals surface area contributed by atoms with Crippen LogP contribution in [0.5, 0.6) is 11.5 Å². The van der Waals surface area contributed by atoms with Gasteiger partial charge in [0.2, 0.25) is 0 Å². The second kappa shape index (κ2) is 8.39. The molecule has 0 radical (unpaired) electrons. The molecule has 176 valence electrons. The van der Waals surface area contributed by atoms with Gasteiger partial charge < -0.3 is 25.4 Å². The highest BCUT2D eigenvalue weighted by atomic mass is 16.5. The average molecular weight is 470 g/mol. The number of carbonyl (C=O) groups is 1. The Kier molecular flexibility index (Phi) is 5.05. The fourth-order valence-electron chi connectivity index (χ4n) is 4.80. The number of carboxylic acid groups (broad SMARTS) is 1. The molecule has 3 aromatic heterocycles. The molecule has 1 aliphatic heterocycles. The van der Waals surface area contributed by atoms with Crippen molar-refractivity contribution in [1.82, 2.24) is 25.3 Å². The third-order valence-electron chi connectivity index (χ3n) is 6.62. The van der Waals surface area contributed by atoms with Gasteiger partial charge in [-0.3, -0.25) is 4.98 Å². The van der Waals surface area contributed by atoms with E-state index in [0.29, 0.717) is 23.4 Å². The molecule has 1 amide bonds. The topological polar surface area (TPSA) is 125 Å². The molecule has 4 heterocycles. The van der Waals surface area contributed by atoms with Gasteiger partial charge in [-0.05, 0) is 48.9 Å². The molecule has 10 nitrogen and oxygen atoms in total. The molecular weight excluding hydrogens is 446 g/mol. The summed E-state index contributed by atoms with van der Waals surface area (Å²) in [5.41, 5.74) is 2.60. The van der Waals surface area contributed by atoms with E-state index in [1.54, 1.807) is 18.6 Å². The Balaban J connectivity index is 1.21. The maximum Gasteiger partial charge on any atom is 0.404 e. The van der Waals surface area contributed by atoms with Crippen molar-refractivity contribution in [2.24, 2.45) is 11.8 Å². The van der Waals surface area contributed by atoms with Gasteiger partial charge >= 0.3 is 6.09 Å². The van der Waals surface area contributed by atoms with Gasteiger partial charge in [-0.25, -0.2) is 19.7 Å². The number of fused-ring (bicyclic) bond motifs is 2. The van der Waals surface area contributed by atoms with Gasteiger partial charge in [0.05, 0.1) is 17.9 Å². The van der Waals surface area contributed by atoms with E-state index >= 15 is 0 Å². The number of anilines is 3. The fourth-order valence-corrected chi connectivity index (χ4v) is 4.80. The molecular formula is C25H23N7O3. The van der Waals surface area contributed by atoms with E-state index in [0.717, 1.165) is 46.8 Å². The molecule has 1 aliphatic carbocycles. The summed E-state index contributed by atoms with van der Waals surface area (Å²) in [5.74, 6) is 3.64. The van der Waals surface area contributed by atoms with E-state index in [1.807, 2.05) is 43.3 Å². The molecule has 2 unspecified atom stereocenters. The minimum atomic E-state index is -0.959. The van der Waals surface area contributed by atoms with Crippen LogP contribution in [0.4, 0.5) is 22.1 Å². The monoisotopic (exact) mass is 469 g/mol. The lowest BCUT2D eigenvalue weighted by atomic mass is 10.2. The minimum absolute atomic E-state index is 0.0538. The van der Waals surface area contributed by atoms with Crippen molar-refractivity contribution in [3.63, 3.8) is 0 Å². The Hall–Kier alpha value is -4.47. The van der Waals surface area contributed by atoms with Crippen LogP contribution in [0, 0.1) is 18.8 Å². The number of rotatable bonds is 6. The number of pyridine rings is 2. The van der Waals surface area contributed by atoms with E-state index in [2.05, 4.69) is 35.5 Å². The molecule has 2 fully saturated rings. The van der Waals surface area contributed by atoms with E-state index < -0.39 is 6.09 Å². The second-order valence-corrected chi connectivity index (χ2v) is 8.89. The van der Waals surface area contributed by atoms with Gasteiger partial charge in [-0.1, -0.05) is 0 Å². The van der Waals surface area contributed by atoms with E-state index in [-0.39, 0.29) is 6.04 Å². The Morgan fingerprint density at radius 1 is 1.11 bits per heavy atom. The summed E-state index contributed by atoms with van der Waals surface area (Å²) in [6.45, 7) is 3.55. The van der Waals surface area contributed by atoms with Crippen molar-refractivity contribution in [1.29, 1.82) is 0 Å². The highest BCUT2D eigenvalue weighted by molar-refractivity contribution is 5.92. The number of aryl methyl sites for hydroxylation is 1. The van der Waals surface area contributed by atoms with E-state index in [4.69, 9.17) is 9.84 Å². The van der Waals surface area contributed by atoms with Crippen molar-refractivity contribution in [2.45, 2.75) is 13.0 Å². The van der Waals surface area contributed by atoms with Gasteiger partial charge in [-0.15, -0.1) is 0 Å². The first-order chi connectivity index (χ1) is 17.0. The van der Waals surface area contributed by atoms with E-state index in [9.17, 15) is 4.79 Å². The molecule has 1 saturated heterocycles. The third kappa shape index (κ3) is 4.14. The quantitative estimate of drug-likeness (QED) is 0.385. The zero-order valence-corrected chi connectivity index (χ0v) is 18.9. The van der Waals surface area contributed by atoms with Crippen LogP contribution in [0.2, 0.25) is 0 Å². The zero-order valence-electron chi connectivity index (χ0n) is 18.9. The standard InChI is InChI=1S/C25H23N7O3/c1-14-7-15(4-5-21(14)35-16-3-2-6-26-9-16)30-24-17-8-22(27-10-20(17)28-13-29-24)32-11-18-19(12-32)23(18)31-25(33)34/h2-10,13,18-19,23,31H,11-12H2,1H3,(H,33,34)(H,28,29,30). The number of hydrogen-bond donors (Lipinski definition) is 3. The lowest BCUT2D eigenvalue weighted by molar-refractivity contribution is 0.192. The highest BCUT2D eigenvalue weighted by Gasteiger charge is 2.56. The predicted molar refractivity (Wildman–Crippen MR) is 130 cm³/mol.